The molecule has 0 N–H and O–H groups in total. The van der Waals surface area contributed by atoms with Gasteiger partial charge in [-0.3, -0.25) is 4.79 Å². The van der Waals surface area contributed by atoms with Crippen LogP contribution in [0.4, 0.5) is 0 Å². The lowest BCUT2D eigenvalue weighted by Gasteiger charge is -2.24. The standard InChI is InChI=1S/C15H13NO2/c17-13-9-8-11-5-1-2-6-12(11)15(13)18-14-7-3-4-10-16-14/h1-7,10,15H,8-9H2. The molecule has 2 aromatic rings. The van der Waals surface area contributed by atoms with Gasteiger partial charge < -0.3 is 4.74 Å². The Morgan fingerprint density at radius 2 is 1.89 bits per heavy atom. The highest BCUT2D eigenvalue weighted by Gasteiger charge is 2.29. The van der Waals surface area contributed by atoms with Crippen LogP contribution in [-0.2, 0) is 11.2 Å². The van der Waals surface area contributed by atoms with Gasteiger partial charge in [0.1, 0.15) is 0 Å². The van der Waals surface area contributed by atoms with Crippen LogP contribution < -0.4 is 4.74 Å². The van der Waals surface area contributed by atoms with Gasteiger partial charge in [-0.2, -0.15) is 0 Å². The molecule has 1 atom stereocenters. The first-order chi connectivity index (χ1) is 8.84. The van der Waals surface area contributed by atoms with Crippen molar-refractivity contribution in [2.24, 2.45) is 0 Å². The number of rotatable bonds is 2. The summed E-state index contributed by atoms with van der Waals surface area (Å²) in [4.78, 5) is 16.1. The Labute approximate surface area is 105 Å². The number of carbonyl (C=O) groups is 1. The van der Waals surface area contributed by atoms with Crippen molar-refractivity contribution in [3.05, 3.63) is 59.8 Å². The third kappa shape index (κ3) is 1.99. The zero-order valence-electron chi connectivity index (χ0n) is 9.87. The summed E-state index contributed by atoms with van der Waals surface area (Å²) in [5.74, 6) is 0.618. The normalized spacial score (nSPS) is 18.2. The number of pyridine rings is 1. The SMILES string of the molecule is O=C1CCc2ccccc2C1Oc1ccccn1. The second-order valence-electron chi connectivity index (χ2n) is 4.33. The van der Waals surface area contributed by atoms with Crippen molar-refractivity contribution >= 4 is 5.78 Å². The average molecular weight is 239 g/mol. The molecule has 0 radical (unpaired) electrons. The predicted molar refractivity (Wildman–Crippen MR) is 67.4 cm³/mol. The highest BCUT2D eigenvalue weighted by Crippen LogP contribution is 2.30. The number of nitrogens with zero attached hydrogens (tertiary/aromatic N) is 1. The number of ether oxygens (including phenoxy) is 1. The second kappa shape index (κ2) is 4.61. The van der Waals surface area contributed by atoms with E-state index in [4.69, 9.17) is 4.74 Å². The largest absolute Gasteiger partial charge is 0.461 e. The fourth-order valence-corrected chi connectivity index (χ4v) is 2.25. The van der Waals surface area contributed by atoms with Crippen molar-refractivity contribution in [2.45, 2.75) is 18.9 Å². The smallest absolute Gasteiger partial charge is 0.214 e. The van der Waals surface area contributed by atoms with Crippen LogP contribution >= 0.6 is 0 Å². The first kappa shape index (κ1) is 11.0. The lowest BCUT2D eigenvalue weighted by Crippen LogP contribution is -2.25. The monoisotopic (exact) mass is 239 g/mol. The van der Waals surface area contributed by atoms with Gasteiger partial charge in [0.05, 0.1) is 0 Å². The van der Waals surface area contributed by atoms with E-state index in [1.807, 2.05) is 30.3 Å². The molecule has 90 valence electrons. The number of Topliss-reactive ketones (excluding diaryl/α,β-unsaturated/α-hetero) is 1. The third-order valence-electron chi connectivity index (χ3n) is 3.15. The fraction of sp³-hybridized carbons (Fsp3) is 0.200. The van der Waals surface area contributed by atoms with Gasteiger partial charge in [0.2, 0.25) is 5.88 Å². The molecule has 0 bridgehead atoms. The number of aromatic nitrogens is 1. The quantitative estimate of drug-likeness (QED) is 0.808. The van der Waals surface area contributed by atoms with Gasteiger partial charge in [0.15, 0.2) is 11.9 Å². The van der Waals surface area contributed by atoms with Crippen molar-refractivity contribution < 1.29 is 9.53 Å². The predicted octanol–water partition coefficient (Wildman–Crippen LogP) is 2.72. The third-order valence-corrected chi connectivity index (χ3v) is 3.15. The van der Waals surface area contributed by atoms with Crippen LogP contribution in [0.25, 0.3) is 0 Å². The topological polar surface area (TPSA) is 39.2 Å². The molecule has 3 nitrogen and oxygen atoms in total. The summed E-state index contributed by atoms with van der Waals surface area (Å²) in [7, 11) is 0. The molecule has 1 unspecified atom stereocenters. The summed E-state index contributed by atoms with van der Waals surface area (Å²) in [6.45, 7) is 0. The first-order valence-electron chi connectivity index (χ1n) is 6.03. The lowest BCUT2D eigenvalue weighted by molar-refractivity contribution is -0.126. The highest BCUT2D eigenvalue weighted by atomic mass is 16.5. The molecule has 0 spiro atoms. The molecule has 3 heteroatoms. The fourth-order valence-electron chi connectivity index (χ4n) is 2.25. The van der Waals surface area contributed by atoms with Gasteiger partial charge in [0.25, 0.3) is 0 Å². The molecule has 1 aromatic heterocycles. The van der Waals surface area contributed by atoms with Crippen molar-refractivity contribution in [3.8, 4) is 5.88 Å². The van der Waals surface area contributed by atoms with Crippen molar-refractivity contribution in [2.75, 3.05) is 0 Å². The number of benzene rings is 1. The van der Waals surface area contributed by atoms with Gasteiger partial charge in [-0.05, 0) is 18.1 Å². The highest BCUT2D eigenvalue weighted by molar-refractivity contribution is 5.87. The molecule has 0 fully saturated rings. The summed E-state index contributed by atoms with van der Waals surface area (Å²) in [5.41, 5.74) is 2.16. The maximum absolute atomic E-state index is 12.0. The van der Waals surface area contributed by atoms with E-state index in [1.165, 1.54) is 5.56 Å². The van der Waals surface area contributed by atoms with Gasteiger partial charge in [0, 0.05) is 24.2 Å². The first-order valence-corrected chi connectivity index (χ1v) is 6.03. The Bertz CT molecular complexity index is 566. The van der Waals surface area contributed by atoms with E-state index in [2.05, 4.69) is 11.1 Å². The summed E-state index contributed by atoms with van der Waals surface area (Å²) in [6.07, 6.45) is 2.49. The Morgan fingerprint density at radius 3 is 2.72 bits per heavy atom. The maximum Gasteiger partial charge on any atom is 0.214 e. The molecule has 1 heterocycles. The molecule has 1 aromatic carbocycles. The van der Waals surface area contributed by atoms with Crippen LogP contribution in [0.1, 0.15) is 23.7 Å². The van der Waals surface area contributed by atoms with Crippen molar-refractivity contribution in [3.63, 3.8) is 0 Å². The Kier molecular flexibility index (Phi) is 2.81. The van der Waals surface area contributed by atoms with Gasteiger partial charge in [-0.25, -0.2) is 4.98 Å². The molecule has 0 aliphatic heterocycles. The number of hydrogen-bond donors (Lipinski definition) is 0. The number of ketones is 1. The van der Waals surface area contributed by atoms with Crippen LogP contribution in [-0.4, -0.2) is 10.8 Å². The molecule has 1 aliphatic carbocycles. The van der Waals surface area contributed by atoms with E-state index in [9.17, 15) is 4.79 Å². The van der Waals surface area contributed by atoms with E-state index in [0.717, 1.165) is 12.0 Å². The van der Waals surface area contributed by atoms with Crippen molar-refractivity contribution in [1.29, 1.82) is 0 Å². The van der Waals surface area contributed by atoms with Crippen LogP contribution in [0.3, 0.4) is 0 Å². The average Bonchev–Trinajstić information content (AvgIpc) is 2.43. The number of aryl methyl sites for hydroxylation is 1. The summed E-state index contributed by atoms with van der Waals surface area (Å²) in [5, 5.41) is 0. The minimum absolute atomic E-state index is 0.124. The molecule has 18 heavy (non-hydrogen) atoms. The number of fused-ring (bicyclic) bond motifs is 1. The van der Waals surface area contributed by atoms with E-state index < -0.39 is 6.10 Å². The number of carbonyl (C=O) groups excluding carboxylic acids is 1. The van der Waals surface area contributed by atoms with Gasteiger partial charge in [-0.15, -0.1) is 0 Å². The van der Waals surface area contributed by atoms with Crippen LogP contribution in [0.15, 0.2) is 48.7 Å². The number of hydrogen-bond acceptors (Lipinski definition) is 3. The van der Waals surface area contributed by atoms with Crippen LogP contribution in [0, 0.1) is 0 Å². The van der Waals surface area contributed by atoms with E-state index in [0.29, 0.717) is 12.3 Å². The lowest BCUT2D eigenvalue weighted by atomic mass is 9.88. The molecule has 3 rings (SSSR count). The Morgan fingerprint density at radius 1 is 1.06 bits per heavy atom. The zero-order valence-corrected chi connectivity index (χ0v) is 9.87. The minimum Gasteiger partial charge on any atom is -0.461 e. The maximum atomic E-state index is 12.0. The van der Waals surface area contributed by atoms with E-state index in [-0.39, 0.29) is 5.78 Å². The second-order valence-corrected chi connectivity index (χ2v) is 4.33. The molecule has 0 saturated heterocycles. The summed E-state index contributed by atoms with van der Waals surface area (Å²) in [6, 6.07) is 13.4. The molecule has 0 saturated carbocycles. The van der Waals surface area contributed by atoms with Crippen LogP contribution in [0.5, 0.6) is 5.88 Å². The summed E-state index contributed by atoms with van der Waals surface area (Å²) < 4.78 is 5.73. The van der Waals surface area contributed by atoms with Gasteiger partial charge in [-0.1, -0.05) is 30.3 Å². The van der Waals surface area contributed by atoms with Crippen molar-refractivity contribution in [1.82, 2.24) is 4.98 Å². The molecular weight excluding hydrogens is 226 g/mol. The Hall–Kier alpha value is -2.16. The van der Waals surface area contributed by atoms with Crippen LogP contribution in [0.2, 0.25) is 0 Å². The summed E-state index contributed by atoms with van der Waals surface area (Å²) >= 11 is 0. The van der Waals surface area contributed by atoms with E-state index >= 15 is 0 Å². The van der Waals surface area contributed by atoms with E-state index in [1.54, 1.807) is 12.3 Å². The zero-order chi connectivity index (χ0) is 12.4. The molecular formula is C15H13NO2. The Balaban J connectivity index is 1.94. The molecule has 1 aliphatic rings. The molecule has 0 amide bonds. The minimum atomic E-state index is -0.509. The van der Waals surface area contributed by atoms with Gasteiger partial charge >= 0.3 is 0 Å².